The molecule has 1 aromatic carbocycles. The van der Waals surface area contributed by atoms with Crippen LogP contribution in [0.5, 0.6) is 5.75 Å². The average molecular weight is 308 g/mol. The van der Waals surface area contributed by atoms with Gasteiger partial charge in [0.1, 0.15) is 24.2 Å². The van der Waals surface area contributed by atoms with Gasteiger partial charge in [-0.15, -0.1) is 0 Å². The predicted molar refractivity (Wildman–Crippen MR) is 85.9 cm³/mol. The molecule has 0 radical (unpaired) electrons. The van der Waals surface area contributed by atoms with Crippen molar-refractivity contribution in [2.45, 2.75) is 32.9 Å². The van der Waals surface area contributed by atoms with Crippen molar-refractivity contribution >= 4 is 11.6 Å². The van der Waals surface area contributed by atoms with Gasteiger partial charge in [0.2, 0.25) is 0 Å². The van der Waals surface area contributed by atoms with E-state index in [-0.39, 0.29) is 6.04 Å². The van der Waals surface area contributed by atoms with Gasteiger partial charge in [-0.2, -0.15) is 0 Å². The Morgan fingerprint density at radius 1 is 1.38 bits per heavy atom. The van der Waals surface area contributed by atoms with E-state index in [1.165, 1.54) is 0 Å². The SMILES string of the molecule is CCCn1ccnc1C(COc1cccc(Cl)c1)NCC. The highest BCUT2D eigenvalue weighted by molar-refractivity contribution is 6.30. The number of imidazole rings is 1. The average Bonchev–Trinajstić information content (AvgIpc) is 2.92. The number of nitrogens with zero attached hydrogens (tertiary/aromatic N) is 2. The molecule has 2 aromatic rings. The molecule has 114 valence electrons. The Bertz CT molecular complexity index is 556. The molecule has 21 heavy (non-hydrogen) atoms. The number of rotatable bonds is 8. The highest BCUT2D eigenvalue weighted by atomic mass is 35.5. The molecule has 4 nitrogen and oxygen atoms in total. The molecule has 0 saturated carbocycles. The van der Waals surface area contributed by atoms with Crippen molar-refractivity contribution in [3.8, 4) is 5.75 Å². The fraction of sp³-hybridized carbons (Fsp3) is 0.438. The molecule has 0 fully saturated rings. The number of hydrogen-bond acceptors (Lipinski definition) is 3. The minimum absolute atomic E-state index is 0.0653. The van der Waals surface area contributed by atoms with Crippen LogP contribution in [0, 0.1) is 0 Å². The lowest BCUT2D eigenvalue weighted by Gasteiger charge is -2.19. The lowest BCUT2D eigenvalue weighted by Crippen LogP contribution is -2.29. The molecule has 1 atom stereocenters. The van der Waals surface area contributed by atoms with Crippen LogP contribution in [0.3, 0.4) is 0 Å². The first-order valence-corrected chi connectivity index (χ1v) is 7.75. The lowest BCUT2D eigenvalue weighted by atomic mass is 10.2. The van der Waals surface area contributed by atoms with Crippen molar-refractivity contribution in [2.24, 2.45) is 0 Å². The van der Waals surface area contributed by atoms with Crippen molar-refractivity contribution in [3.63, 3.8) is 0 Å². The number of benzene rings is 1. The Hall–Kier alpha value is -1.52. The van der Waals surface area contributed by atoms with Gasteiger partial charge in [0.25, 0.3) is 0 Å². The van der Waals surface area contributed by atoms with Gasteiger partial charge in [-0.05, 0) is 31.2 Å². The normalized spacial score (nSPS) is 12.3. The van der Waals surface area contributed by atoms with E-state index in [4.69, 9.17) is 16.3 Å². The third-order valence-corrected chi connectivity index (χ3v) is 3.42. The van der Waals surface area contributed by atoms with Crippen LogP contribution in [-0.2, 0) is 6.54 Å². The fourth-order valence-electron chi connectivity index (χ4n) is 2.27. The quantitative estimate of drug-likeness (QED) is 0.808. The summed E-state index contributed by atoms with van der Waals surface area (Å²) in [5, 5.41) is 4.11. The van der Waals surface area contributed by atoms with Gasteiger partial charge >= 0.3 is 0 Å². The first-order chi connectivity index (χ1) is 10.2. The first-order valence-electron chi connectivity index (χ1n) is 7.37. The number of nitrogens with one attached hydrogen (secondary N) is 1. The minimum Gasteiger partial charge on any atom is -0.491 e. The highest BCUT2D eigenvalue weighted by Gasteiger charge is 2.16. The van der Waals surface area contributed by atoms with E-state index in [1.54, 1.807) is 0 Å². The summed E-state index contributed by atoms with van der Waals surface area (Å²) in [6.45, 7) is 6.60. The smallest absolute Gasteiger partial charge is 0.129 e. The van der Waals surface area contributed by atoms with E-state index < -0.39 is 0 Å². The molecule has 1 N–H and O–H groups in total. The molecule has 0 bridgehead atoms. The van der Waals surface area contributed by atoms with Crippen LogP contribution in [0.15, 0.2) is 36.7 Å². The van der Waals surface area contributed by atoms with Crippen LogP contribution in [0.1, 0.15) is 32.1 Å². The second kappa shape index (κ2) is 8.05. The maximum atomic E-state index is 5.98. The van der Waals surface area contributed by atoms with Gasteiger partial charge in [0.05, 0.1) is 0 Å². The Balaban J connectivity index is 2.06. The van der Waals surface area contributed by atoms with E-state index in [1.807, 2.05) is 36.7 Å². The summed E-state index contributed by atoms with van der Waals surface area (Å²) in [7, 11) is 0. The van der Waals surface area contributed by atoms with E-state index >= 15 is 0 Å². The molecule has 1 aromatic heterocycles. The van der Waals surface area contributed by atoms with E-state index in [9.17, 15) is 0 Å². The van der Waals surface area contributed by atoms with Crippen molar-refractivity contribution < 1.29 is 4.74 Å². The summed E-state index contributed by atoms with van der Waals surface area (Å²) in [6, 6.07) is 7.52. The summed E-state index contributed by atoms with van der Waals surface area (Å²) in [4.78, 5) is 4.48. The number of ether oxygens (including phenoxy) is 1. The van der Waals surface area contributed by atoms with Crippen molar-refractivity contribution in [1.82, 2.24) is 14.9 Å². The molecule has 0 amide bonds. The van der Waals surface area contributed by atoms with Crippen LogP contribution in [0.2, 0.25) is 5.02 Å². The largest absolute Gasteiger partial charge is 0.491 e. The molecule has 0 aliphatic rings. The van der Waals surface area contributed by atoms with E-state index in [0.717, 1.165) is 31.1 Å². The zero-order valence-electron chi connectivity index (χ0n) is 12.6. The number of aromatic nitrogens is 2. The van der Waals surface area contributed by atoms with Crippen LogP contribution in [0.25, 0.3) is 0 Å². The van der Waals surface area contributed by atoms with Crippen LogP contribution >= 0.6 is 11.6 Å². The maximum Gasteiger partial charge on any atom is 0.129 e. The van der Waals surface area contributed by atoms with E-state index in [0.29, 0.717) is 11.6 Å². The van der Waals surface area contributed by atoms with Gasteiger partial charge in [0.15, 0.2) is 0 Å². The van der Waals surface area contributed by atoms with E-state index in [2.05, 4.69) is 28.7 Å². The summed E-state index contributed by atoms with van der Waals surface area (Å²) in [6.07, 6.45) is 4.94. The third-order valence-electron chi connectivity index (χ3n) is 3.19. The Kier molecular flexibility index (Phi) is 6.08. The standard InChI is InChI=1S/C16H22ClN3O/c1-3-9-20-10-8-19-16(20)15(18-4-2)12-21-14-7-5-6-13(17)11-14/h5-8,10-11,15,18H,3-4,9,12H2,1-2H3. The molecular formula is C16H22ClN3O. The number of halogens is 1. The van der Waals surface area contributed by atoms with Crippen molar-refractivity contribution in [2.75, 3.05) is 13.2 Å². The molecule has 0 aliphatic carbocycles. The molecule has 1 heterocycles. The molecule has 5 heteroatoms. The molecule has 0 spiro atoms. The maximum absolute atomic E-state index is 5.98. The summed E-state index contributed by atoms with van der Waals surface area (Å²) >= 11 is 5.98. The third kappa shape index (κ3) is 4.48. The summed E-state index contributed by atoms with van der Waals surface area (Å²) in [5.74, 6) is 1.79. The van der Waals surface area contributed by atoms with Gasteiger partial charge in [-0.25, -0.2) is 4.98 Å². The van der Waals surface area contributed by atoms with Gasteiger partial charge in [0, 0.05) is 24.0 Å². The lowest BCUT2D eigenvalue weighted by molar-refractivity contribution is 0.259. The molecule has 1 unspecified atom stereocenters. The van der Waals surface area contributed by atoms with Gasteiger partial charge < -0.3 is 14.6 Å². The molecule has 0 aliphatic heterocycles. The predicted octanol–water partition coefficient (Wildman–Crippen LogP) is 3.68. The molecule has 0 saturated heterocycles. The minimum atomic E-state index is 0.0653. The molecule has 2 rings (SSSR count). The monoisotopic (exact) mass is 307 g/mol. The topological polar surface area (TPSA) is 39.1 Å². The second-order valence-electron chi connectivity index (χ2n) is 4.86. The zero-order valence-corrected chi connectivity index (χ0v) is 13.3. The first kappa shape index (κ1) is 15.9. The Labute approximate surface area is 131 Å². The second-order valence-corrected chi connectivity index (χ2v) is 5.29. The summed E-state index contributed by atoms with van der Waals surface area (Å²) in [5.41, 5.74) is 0. The van der Waals surface area contributed by atoms with Crippen molar-refractivity contribution in [1.29, 1.82) is 0 Å². The number of likely N-dealkylation sites (N-methyl/N-ethyl adjacent to an activating group) is 1. The van der Waals surface area contributed by atoms with Gasteiger partial charge in [-0.1, -0.05) is 31.5 Å². The Morgan fingerprint density at radius 2 is 2.24 bits per heavy atom. The van der Waals surface area contributed by atoms with Crippen molar-refractivity contribution in [3.05, 3.63) is 47.5 Å². The van der Waals surface area contributed by atoms with Gasteiger partial charge in [-0.3, -0.25) is 0 Å². The Morgan fingerprint density at radius 3 is 2.95 bits per heavy atom. The van der Waals surface area contributed by atoms with Crippen LogP contribution in [0.4, 0.5) is 0 Å². The molecular weight excluding hydrogens is 286 g/mol. The zero-order chi connectivity index (χ0) is 15.1. The highest BCUT2D eigenvalue weighted by Crippen LogP contribution is 2.19. The van der Waals surface area contributed by atoms with Crippen LogP contribution < -0.4 is 10.1 Å². The number of hydrogen-bond donors (Lipinski definition) is 1. The fourth-order valence-corrected chi connectivity index (χ4v) is 2.45. The van der Waals surface area contributed by atoms with Crippen LogP contribution in [-0.4, -0.2) is 22.7 Å². The number of aryl methyl sites for hydroxylation is 1. The summed E-state index contributed by atoms with van der Waals surface area (Å²) < 4.78 is 8.03.